The van der Waals surface area contributed by atoms with E-state index in [0.717, 1.165) is 12.8 Å². The Balaban J connectivity index is 2.00. The molecule has 1 N–H and O–H groups in total. The van der Waals surface area contributed by atoms with E-state index in [2.05, 4.69) is 13.0 Å². The number of ether oxygens (including phenoxy) is 4. The lowest BCUT2D eigenvalue weighted by atomic mass is 9.56. The van der Waals surface area contributed by atoms with Crippen LogP contribution in [0.5, 0.6) is 0 Å². The average molecular weight is 340 g/mol. The van der Waals surface area contributed by atoms with Crippen molar-refractivity contribution in [3.63, 3.8) is 0 Å². The third-order valence-corrected chi connectivity index (χ3v) is 6.59. The number of esters is 1. The van der Waals surface area contributed by atoms with Crippen LogP contribution in [0.1, 0.15) is 39.5 Å². The van der Waals surface area contributed by atoms with E-state index in [4.69, 9.17) is 18.9 Å². The molecule has 1 heterocycles. The molecule has 5 atom stereocenters. The highest BCUT2D eigenvalue weighted by Crippen LogP contribution is 2.69. The third-order valence-electron chi connectivity index (χ3n) is 6.59. The van der Waals surface area contributed by atoms with E-state index < -0.39 is 23.1 Å². The summed E-state index contributed by atoms with van der Waals surface area (Å²) in [5.74, 6) is -2.60. The van der Waals surface area contributed by atoms with Gasteiger partial charge in [0.2, 0.25) is 0 Å². The predicted molar refractivity (Wildman–Crippen MR) is 85.9 cm³/mol. The second-order valence-electron chi connectivity index (χ2n) is 7.61. The predicted octanol–water partition coefficient (Wildman–Crippen LogP) is 2.01. The number of aliphatic hydroxyl groups is 1. The molecule has 0 aromatic heterocycles. The van der Waals surface area contributed by atoms with Crippen LogP contribution >= 0.6 is 0 Å². The molecule has 0 unspecified atom stereocenters. The molecule has 0 aromatic rings. The fraction of sp³-hybridized carbons (Fsp3) is 0.833. The van der Waals surface area contributed by atoms with Crippen LogP contribution in [0.15, 0.2) is 11.6 Å². The molecule has 0 amide bonds. The van der Waals surface area contributed by atoms with Gasteiger partial charge >= 0.3 is 5.97 Å². The Kier molecular flexibility index (Phi) is 4.53. The Labute approximate surface area is 143 Å². The number of carbonyl (C=O) groups is 1. The van der Waals surface area contributed by atoms with Crippen LogP contribution in [0.4, 0.5) is 0 Å². The fourth-order valence-corrected chi connectivity index (χ4v) is 5.04. The minimum Gasteiger partial charge on any atom is -0.469 e. The Bertz CT molecular complexity index is 546. The molecule has 1 saturated carbocycles. The van der Waals surface area contributed by atoms with Crippen LogP contribution in [0.2, 0.25) is 0 Å². The average Bonchev–Trinajstić information content (AvgIpc) is 2.91. The van der Waals surface area contributed by atoms with E-state index in [1.54, 1.807) is 7.11 Å². The minimum atomic E-state index is -1.53. The zero-order valence-corrected chi connectivity index (χ0v) is 15.0. The van der Waals surface area contributed by atoms with Gasteiger partial charge in [-0.25, -0.2) is 0 Å². The molecular formula is C18H28O6. The minimum absolute atomic E-state index is 0.201. The lowest BCUT2D eigenvalue weighted by Crippen LogP contribution is -2.54. The summed E-state index contributed by atoms with van der Waals surface area (Å²) < 4.78 is 21.9. The number of hydrogen-bond acceptors (Lipinski definition) is 6. The van der Waals surface area contributed by atoms with Gasteiger partial charge in [0.1, 0.15) is 12.7 Å². The maximum Gasteiger partial charge on any atom is 0.314 e. The molecule has 3 rings (SSSR count). The van der Waals surface area contributed by atoms with E-state index in [1.807, 2.05) is 6.92 Å². The van der Waals surface area contributed by atoms with Crippen LogP contribution in [-0.4, -0.2) is 50.6 Å². The molecule has 136 valence electrons. The molecule has 0 bridgehead atoms. The van der Waals surface area contributed by atoms with Gasteiger partial charge in [0, 0.05) is 17.9 Å². The molecule has 0 radical (unpaired) electrons. The number of carbonyl (C=O) groups excluding carboxylic acids is 1. The Hall–Kier alpha value is -0.950. The van der Waals surface area contributed by atoms with Crippen molar-refractivity contribution >= 4 is 5.97 Å². The van der Waals surface area contributed by atoms with Crippen LogP contribution in [0.3, 0.4) is 0 Å². The van der Waals surface area contributed by atoms with Gasteiger partial charge in [-0.1, -0.05) is 18.6 Å². The van der Waals surface area contributed by atoms with Crippen LogP contribution < -0.4 is 0 Å². The van der Waals surface area contributed by atoms with Crippen molar-refractivity contribution in [3.8, 4) is 0 Å². The first-order valence-corrected chi connectivity index (χ1v) is 8.56. The van der Waals surface area contributed by atoms with Crippen molar-refractivity contribution < 1.29 is 28.8 Å². The molecule has 6 nitrogen and oxygen atoms in total. The molecule has 3 aliphatic rings. The first kappa shape index (κ1) is 17.9. The third kappa shape index (κ3) is 2.20. The van der Waals surface area contributed by atoms with Gasteiger partial charge in [-0.2, -0.15) is 0 Å². The van der Waals surface area contributed by atoms with Gasteiger partial charge in [0.15, 0.2) is 5.79 Å². The zero-order chi connectivity index (χ0) is 17.6. The summed E-state index contributed by atoms with van der Waals surface area (Å²) in [5.41, 5.74) is 0.293. The topological polar surface area (TPSA) is 74.2 Å². The van der Waals surface area contributed by atoms with Gasteiger partial charge in [0.05, 0.1) is 19.8 Å². The van der Waals surface area contributed by atoms with Crippen LogP contribution in [0, 0.1) is 16.7 Å². The van der Waals surface area contributed by atoms with Gasteiger partial charge in [-0.3, -0.25) is 4.79 Å². The van der Waals surface area contributed by atoms with E-state index in [-0.39, 0.29) is 18.3 Å². The first-order valence-electron chi connectivity index (χ1n) is 8.56. The van der Waals surface area contributed by atoms with Gasteiger partial charge in [0.25, 0.3) is 0 Å². The highest BCUT2D eigenvalue weighted by atomic mass is 16.7. The zero-order valence-electron chi connectivity index (χ0n) is 15.0. The normalized spacial score (nSPS) is 44.0. The number of allylic oxidation sites excluding steroid dienone is 1. The van der Waals surface area contributed by atoms with E-state index in [1.165, 1.54) is 12.7 Å². The summed E-state index contributed by atoms with van der Waals surface area (Å²) in [6, 6.07) is 0. The van der Waals surface area contributed by atoms with Crippen LogP contribution in [-0.2, 0) is 23.7 Å². The molecule has 2 aliphatic carbocycles. The quantitative estimate of drug-likeness (QED) is 0.357. The summed E-state index contributed by atoms with van der Waals surface area (Å²) in [6.45, 7) is 4.73. The van der Waals surface area contributed by atoms with Crippen LogP contribution in [0.25, 0.3) is 0 Å². The van der Waals surface area contributed by atoms with Gasteiger partial charge < -0.3 is 24.1 Å². The van der Waals surface area contributed by atoms with E-state index in [9.17, 15) is 9.90 Å². The summed E-state index contributed by atoms with van der Waals surface area (Å²) >= 11 is 0. The number of rotatable bonds is 5. The van der Waals surface area contributed by atoms with Gasteiger partial charge in [-0.05, 0) is 32.6 Å². The summed E-state index contributed by atoms with van der Waals surface area (Å²) in [5, 5.41) is 11.5. The molecule has 24 heavy (non-hydrogen) atoms. The van der Waals surface area contributed by atoms with Crippen molar-refractivity contribution in [2.75, 3.05) is 27.6 Å². The van der Waals surface area contributed by atoms with Crippen molar-refractivity contribution in [1.29, 1.82) is 0 Å². The SMILES string of the molecule is COCOC[C@]12CCC(C)=C[C@H]1O[C@]1(O)[C@@H](C(=O)OC)CC[C@]21C. The first-order chi connectivity index (χ1) is 11.3. The monoisotopic (exact) mass is 340 g/mol. The lowest BCUT2D eigenvalue weighted by molar-refractivity contribution is -0.247. The standard InChI is InChI=1S/C18H28O6/c1-12-5-8-17(10-23-11-21-3)14(9-12)24-18(20)13(15(19)22-4)6-7-16(17,18)2/h9,13-14,20H,5-8,10-11H2,1-4H3/t13-,14-,16-,17-,18-/m1/s1. The Morgan fingerprint density at radius 3 is 2.83 bits per heavy atom. The Morgan fingerprint density at radius 1 is 1.42 bits per heavy atom. The van der Waals surface area contributed by atoms with Crippen molar-refractivity contribution in [3.05, 3.63) is 11.6 Å². The van der Waals surface area contributed by atoms with Crippen molar-refractivity contribution in [1.82, 2.24) is 0 Å². The molecule has 1 aliphatic heterocycles. The molecule has 0 spiro atoms. The van der Waals surface area contributed by atoms with Crippen molar-refractivity contribution in [2.24, 2.45) is 16.7 Å². The number of hydrogen-bond donors (Lipinski definition) is 1. The summed E-state index contributed by atoms with van der Waals surface area (Å²) in [7, 11) is 2.94. The largest absolute Gasteiger partial charge is 0.469 e. The smallest absolute Gasteiger partial charge is 0.314 e. The molecule has 6 heteroatoms. The molecule has 1 saturated heterocycles. The highest BCUT2D eigenvalue weighted by molar-refractivity contribution is 5.74. The van der Waals surface area contributed by atoms with E-state index in [0.29, 0.717) is 19.4 Å². The fourth-order valence-electron chi connectivity index (χ4n) is 5.04. The van der Waals surface area contributed by atoms with E-state index >= 15 is 0 Å². The van der Waals surface area contributed by atoms with Crippen molar-refractivity contribution in [2.45, 2.75) is 51.4 Å². The second-order valence-corrected chi connectivity index (χ2v) is 7.61. The highest BCUT2D eigenvalue weighted by Gasteiger charge is 2.76. The molecule has 2 fully saturated rings. The number of methoxy groups -OCH3 is 2. The maximum atomic E-state index is 12.2. The maximum absolute atomic E-state index is 12.2. The Morgan fingerprint density at radius 2 is 2.17 bits per heavy atom. The molecule has 0 aromatic carbocycles. The van der Waals surface area contributed by atoms with Gasteiger partial charge in [-0.15, -0.1) is 0 Å². The molecular weight excluding hydrogens is 312 g/mol. The summed E-state index contributed by atoms with van der Waals surface area (Å²) in [6.07, 6.45) is 4.85. The second kappa shape index (κ2) is 6.09. The lowest BCUT2D eigenvalue weighted by Gasteiger charge is -2.47. The number of fused-ring (bicyclic) bond motifs is 3. The summed E-state index contributed by atoms with van der Waals surface area (Å²) in [4.78, 5) is 12.2.